The normalized spacial score (nSPS) is 15.0. The standard InChI is InChI=1S/C17H16Cl2FN3/c18-14-3-1-2-13(16(14)19)15(23-17-21-8-9-22-17)10-11-4-6-12(20)7-5-11/h1-7,15H,8-10H2,(H2,21,22,23). The Bertz CT molecular complexity index is 708. The summed E-state index contributed by atoms with van der Waals surface area (Å²) in [6.45, 7) is 1.68. The van der Waals surface area contributed by atoms with Gasteiger partial charge in [0, 0.05) is 13.1 Å². The van der Waals surface area contributed by atoms with Gasteiger partial charge in [-0.15, -0.1) is 0 Å². The maximum Gasteiger partial charge on any atom is 0.192 e. The van der Waals surface area contributed by atoms with Gasteiger partial charge in [-0.2, -0.15) is 0 Å². The molecule has 3 nitrogen and oxygen atoms in total. The van der Waals surface area contributed by atoms with Gasteiger partial charge in [-0.3, -0.25) is 0 Å². The van der Waals surface area contributed by atoms with E-state index in [0.717, 1.165) is 30.2 Å². The molecule has 2 aromatic rings. The van der Waals surface area contributed by atoms with Gasteiger partial charge in [-0.25, -0.2) is 9.38 Å². The highest BCUT2D eigenvalue weighted by Crippen LogP contribution is 2.33. The molecule has 23 heavy (non-hydrogen) atoms. The molecule has 0 saturated carbocycles. The molecule has 6 heteroatoms. The minimum atomic E-state index is -0.253. The van der Waals surface area contributed by atoms with Crippen molar-refractivity contribution in [3.63, 3.8) is 0 Å². The van der Waals surface area contributed by atoms with Crippen LogP contribution >= 0.6 is 23.2 Å². The van der Waals surface area contributed by atoms with Crippen molar-refractivity contribution in [1.29, 1.82) is 0 Å². The first-order chi connectivity index (χ1) is 11.1. The van der Waals surface area contributed by atoms with Gasteiger partial charge in [-0.05, 0) is 35.7 Å². The summed E-state index contributed by atoms with van der Waals surface area (Å²) in [6, 6.07) is 11.7. The molecular formula is C17H16Cl2FN3. The fourth-order valence-corrected chi connectivity index (χ4v) is 2.95. The molecule has 1 heterocycles. The second-order valence-electron chi connectivity index (χ2n) is 5.32. The van der Waals surface area contributed by atoms with Gasteiger partial charge in [0.2, 0.25) is 0 Å². The molecule has 0 amide bonds. The quantitative estimate of drug-likeness (QED) is 0.874. The van der Waals surface area contributed by atoms with Gasteiger partial charge >= 0.3 is 0 Å². The molecule has 120 valence electrons. The van der Waals surface area contributed by atoms with Crippen LogP contribution in [0.25, 0.3) is 0 Å². The Morgan fingerprint density at radius 2 is 1.74 bits per heavy atom. The van der Waals surface area contributed by atoms with Crippen LogP contribution in [0.3, 0.4) is 0 Å². The Labute approximate surface area is 144 Å². The van der Waals surface area contributed by atoms with Crippen molar-refractivity contribution in [3.05, 3.63) is 69.5 Å². The lowest BCUT2D eigenvalue weighted by Gasteiger charge is -2.16. The lowest BCUT2D eigenvalue weighted by Crippen LogP contribution is -2.25. The number of hydrogen-bond acceptors (Lipinski definition) is 1. The van der Waals surface area contributed by atoms with Gasteiger partial charge in [0.05, 0.1) is 16.1 Å². The molecule has 1 fully saturated rings. The zero-order chi connectivity index (χ0) is 16.2. The van der Waals surface area contributed by atoms with Crippen molar-refractivity contribution in [2.24, 2.45) is 4.99 Å². The third kappa shape index (κ3) is 3.95. The molecule has 0 aliphatic carbocycles. The summed E-state index contributed by atoms with van der Waals surface area (Å²) in [6.07, 6.45) is 0.604. The van der Waals surface area contributed by atoms with Crippen LogP contribution in [-0.4, -0.2) is 19.0 Å². The zero-order valence-corrected chi connectivity index (χ0v) is 13.8. The molecule has 0 spiro atoms. The number of guanidine groups is 1. The number of hydrogen-bond donors (Lipinski definition) is 2. The first kappa shape index (κ1) is 16.1. The van der Waals surface area contributed by atoms with Crippen molar-refractivity contribution in [2.75, 3.05) is 13.1 Å². The minimum absolute atomic E-state index is 0.209. The van der Waals surface area contributed by atoms with Gasteiger partial charge in [0.25, 0.3) is 0 Å². The molecule has 2 N–H and O–H groups in total. The Morgan fingerprint density at radius 3 is 2.43 bits per heavy atom. The molecular weight excluding hydrogens is 336 g/mol. The van der Waals surface area contributed by atoms with Crippen LogP contribution in [0.1, 0.15) is 17.2 Å². The van der Waals surface area contributed by atoms with E-state index in [9.17, 15) is 4.39 Å². The van der Waals surface area contributed by atoms with Crippen LogP contribution in [0.4, 0.5) is 4.39 Å². The van der Waals surface area contributed by atoms with E-state index < -0.39 is 0 Å². The van der Waals surface area contributed by atoms with Crippen LogP contribution in [-0.2, 0) is 6.42 Å². The van der Waals surface area contributed by atoms with Crippen LogP contribution in [0, 0.1) is 5.82 Å². The Balaban J connectivity index is 1.94. The van der Waals surface area contributed by atoms with E-state index in [-0.39, 0.29) is 11.9 Å². The number of benzene rings is 2. The van der Waals surface area contributed by atoms with Gasteiger partial charge < -0.3 is 10.6 Å². The third-order valence-electron chi connectivity index (χ3n) is 3.68. The number of aliphatic imine (C=N–C) groups is 1. The molecule has 0 bridgehead atoms. The largest absolute Gasteiger partial charge is 0.355 e. The Hall–Kier alpha value is -1.78. The highest BCUT2D eigenvalue weighted by Gasteiger charge is 2.18. The number of nitrogens with zero attached hydrogens (tertiary/aromatic N) is 1. The third-order valence-corrected chi connectivity index (χ3v) is 4.51. The summed E-state index contributed by atoms with van der Waals surface area (Å²) >= 11 is 12.5. The van der Waals surface area contributed by atoms with Gasteiger partial charge in [-0.1, -0.05) is 47.5 Å². The van der Waals surface area contributed by atoms with E-state index in [4.69, 9.17) is 28.2 Å². The molecule has 1 saturated heterocycles. The predicted molar refractivity (Wildman–Crippen MR) is 92.7 cm³/mol. The van der Waals surface area contributed by atoms with Crippen molar-refractivity contribution >= 4 is 29.2 Å². The van der Waals surface area contributed by atoms with Crippen LogP contribution < -0.4 is 10.6 Å². The van der Waals surface area contributed by atoms with Crippen LogP contribution in [0.5, 0.6) is 0 Å². The summed E-state index contributed by atoms with van der Waals surface area (Å²) < 4.78 is 13.1. The molecule has 3 rings (SSSR count). The summed E-state index contributed by atoms with van der Waals surface area (Å²) in [7, 11) is 0. The van der Waals surface area contributed by atoms with Gasteiger partial charge in [0.1, 0.15) is 5.82 Å². The van der Waals surface area contributed by atoms with E-state index in [0.29, 0.717) is 16.5 Å². The maximum absolute atomic E-state index is 13.1. The monoisotopic (exact) mass is 351 g/mol. The fourth-order valence-electron chi connectivity index (χ4n) is 2.52. The second kappa shape index (κ2) is 7.20. The lowest BCUT2D eigenvalue weighted by molar-refractivity contribution is 0.625. The Kier molecular flexibility index (Phi) is 5.03. The smallest absolute Gasteiger partial charge is 0.192 e. The second-order valence-corrected chi connectivity index (χ2v) is 6.11. The first-order valence-electron chi connectivity index (χ1n) is 7.37. The SMILES string of the molecule is Fc1ccc(CC(N=C2NCCN2)c2cccc(Cl)c2Cl)cc1. The topological polar surface area (TPSA) is 36.4 Å². The lowest BCUT2D eigenvalue weighted by atomic mass is 9.99. The van der Waals surface area contributed by atoms with Crippen molar-refractivity contribution in [1.82, 2.24) is 10.6 Å². The van der Waals surface area contributed by atoms with Crippen molar-refractivity contribution in [2.45, 2.75) is 12.5 Å². The number of nitrogens with one attached hydrogen (secondary N) is 2. The van der Waals surface area contributed by atoms with E-state index in [1.54, 1.807) is 18.2 Å². The van der Waals surface area contributed by atoms with E-state index in [1.165, 1.54) is 12.1 Å². The summed E-state index contributed by atoms with van der Waals surface area (Å²) in [5, 5.41) is 7.38. The van der Waals surface area contributed by atoms with Crippen molar-refractivity contribution in [3.8, 4) is 0 Å². The molecule has 0 radical (unpaired) electrons. The maximum atomic E-state index is 13.1. The number of halogens is 3. The molecule has 1 aliphatic rings. The highest BCUT2D eigenvalue weighted by atomic mass is 35.5. The number of rotatable bonds is 4. The molecule has 1 aliphatic heterocycles. The van der Waals surface area contributed by atoms with Crippen molar-refractivity contribution < 1.29 is 4.39 Å². The predicted octanol–water partition coefficient (Wildman–Crippen LogP) is 3.97. The van der Waals surface area contributed by atoms with E-state index >= 15 is 0 Å². The highest BCUT2D eigenvalue weighted by molar-refractivity contribution is 6.42. The molecule has 1 atom stereocenters. The molecule has 2 aromatic carbocycles. The van der Waals surface area contributed by atoms with Crippen LogP contribution in [0.15, 0.2) is 47.5 Å². The van der Waals surface area contributed by atoms with E-state index in [2.05, 4.69) is 10.6 Å². The fraction of sp³-hybridized carbons (Fsp3) is 0.235. The van der Waals surface area contributed by atoms with Gasteiger partial charge in [0.15, 0.2) is 5.96 Å². The average molecular weight is 352 g/mol. The summed E-state index contributed by atoms with van der Waals surface area (Å²) in [5.41, 5.74) is 1.83. The van der Waals surface area contributed by atoms with Crippen LogP contribution in [0.2, 0.25) is 10.0 Å². The molecule has 1 unspecified atom stereocenters. The Morgan fingerprint density at radius 1 is 1.04 bits per heavy atom. The molecule has 0 aromatic heterocycles. The summed E-state index contributed by atoms with van der Waals surface area (Å²) in [5.74, 6) is 0.490. The average Bonchev–Trinajstić information content (AvgIpc) is 3.05. The minimum Gasteiger partial charge on any atom is -0.355 e. The van der Waals surface area contributed by atoms with E-state index in [1.807, 2.05) is 12.1 Å². The zero-order valence-electron chi connectivity index (χ0n) is 12.3. The first-order valence-corrected chi connectivity index (χ1v) is 8.13. The summed E-state index contributed by atoms with van der Waals surface area (Å²) in [4.78, 5) is 4.72.